The van der Waals surface area contributed by atoms with Gasteiger partial charge in [-0.25, -0.2) is 18.2 Å². The number of aromatic nitrogens is 1. The van der Waals surface area contributed by atoms with Crippen LogP contribution in [0.3, 0.4) is 0 Å². The molecule has 0 bridgehead atoms. The zero-order valence-electron chi connectivity index (χ0n) is 36.8. The van der Waals surface area contributed by atoms with Crippen LogP contribution in [0.2, 0.25) is 0 Å². The Bertz CT molecular complexity index is 2360. The summed E-state index contributed by atoms with van der Waals surface area (Å²) in [5.74, 6) is -3.30. The fourth-order valence-electron chi connectivity index (χ4n) is 10.1. The maximum absolute atomic E-state index is 15.3. The Hall–Kier alpha value is -4.69. The van der Waals surface area contributed by atoms with Crippen molar-refractivity contribution in [3.05, 3.63) is 41.6 Å². The lowest BCUT2D eigenvalue weighted by molar-refractivity contribution is -0.146. The molecule has 20 heteroatoms. The number of pyridine rings is 1. The highest BCUT2D eigenvalue weighted by atomic mass is 32.2. The number of halogens is 3. The van der Waals surface area contributed by atoms with E-state index in [-0.39, 0.29) is 36.8 Å². The number of hydrogen-bond acceptors (Lipinski definition) is 11. The van der Waals surface area contributed by atoms with Crippen molar-refractivity contribution in [1.82, 2.24) is 29.7 Å². The number of amides is 4. The number of carbonyl (C=O) groups is 4. The van der Waals surface area contributed by atoms with E-state index in [1.807, 2.05) is 11.0 Å². The minimum atomic E-state index is -5.01. The average molecular weight is 919 g/mol. The quantitative estimate of drug-likeness (QED) is 0.317. The molecule has 2 saturated heterocycles. The number of allylic oxidation sites excluding steroid dienone is 1. The number of sulfonamides is 1. The van der Waals surface area contributed by atoms with Gasteiger partial charge in [0.05, 0.1) is 37.1 Å². The van der Waals surface area contributed by atoms with E-state index in [4.69, 9.17) is 14.2 Å². The SMILES string of the molecule is COc1ccc2nc(C(F)(F)F)c3c(c2c1)[C@H](N1CCOCC1)C[C@]1(C[C@H]2C(=O)N[C@]4(C(=O)NS(=O)(=O)C5(C)CC5)C[C@H]4/C=C\CCCCC[C@H](N(C(=O)O)C(C)(C)C)C(=O)N2C1)O3. The number of ether oxygens (including phenoxy) is 3. The molecule has 4 fully saturated rings. The van der Waals surface area contributed by atoms with Crippen molar-refractivity contribution in [2.75, 3.05) is 40.0 Å². The normalized spacial score (nSPS) is 30.4. The fraction of sp³-hybridized carbons (Fsp3) is 0.659. The van der Waals surface area contributed by atoms with E-state index in [1.54, 1.807) is 32.9 Å². The largest absolute Gasteiger partial charge is 0.497 e. The number of rotatable bonds is 6. The minimum Gasteiger partial charge on any atom is -0.497 e. The number of carboxylic acid groups (broad SMARTS) is 1. The summed E-state index contributed by atoms with van der Waals surface area (Å²) in [6, 6.07) is 1.01. The summed E-state index contributed by atoms with van der Waals surface area (Å²) in [7, 11) is -2.70. The van der Waals surface area contributed by atoms with Gasteiger partial charge in [-0.15, -0.1) is 0 Å². The zero-order valence-corrected chi connectivity index (χ0v) is 37.6. The second kappa shape index (κ2) is 16.3. The number of alkyl halides is 3. The van der Waals surface area contributed by atoms with Gasteiger partial charge in [0.2, 0.25) is 21.8 Å². The van der Waals surface area contributed by atoms with E-state index in [1.165, 1.54) is 31.1 Å². The highest BCUT2D eigenvalue weighted by Gasteiger charge is 2.64. The molecule has 6 aliphatic rings. The van der Waals surface area contributed by atoms with Crippen LogP contribution in [-0.2, 0) is 35.3 Å². The maximum atomic E-state index is 15.3. The first-order chi connectivity index (χ1) is 30.0. The number of carbonyl (C=O) groups excluding carboxylic acids is 3. The molecule has 1 aromatic carbocycles. The highest BCUT2D eigenvalue weighted by Crippen LogP contribution is 2.54. The fourth-order valence-corrected chi connectivity index (χ4v) is 11.4. The van der Waals surface area contributed by atoms with Gasteiger partial charge >= 0.3 is 12.3 Å². The molecule has 0 radical (unpaired) electrons. The van der Waals surface area contributed by atoms with Gasteiger partial charge in [-0.1, -0.05) is 25.0 Å². The van der Waals surface area contributed by atoms with Gasteiger partial charge in [-0.3, -0.25) is 28.9 Å². The van der Waals surface area contributed by atoms with E-state index < -0.39 is 103 Å². The van der Waals surface area contributed by atoms with Crippen molar-refractivity contribution in [2.24, 2.45) is 5.92 Å². The van der Waals surface area contributed by atoms with Gasteiger partial charge < -0.3 is 29.5 Å². The Labute approximate surface area is 370 Å². The summed E-state index contributed by atoms with van der Waals surface area (Å²) >= 11 is 0. The number of methoxy groups -OCH3 is 1. The Morgan fingerprint density at radius 3 is 2.39 bits per heavy atom. The van der Waals surface area contributed by atoms with Crippen LogP contribution in [-0.4, -0.2) is 130 Å². The van der Waals surface area contributed by atoms with Crippen molar-refractivity contribution in [3.63, 3.8) is 0 Å². The molecule has 8 rings (SSSR count). The van der Waals surface area contributed by atoms with Crippen molar-refractivity contribution < 1.29 is 60.1 Å². The molecule has 2 saturated carbocycles. The second-order valence-corrected chi connectivity index (χ2v) is 21.7. The number of hydrogen-bond donors (Lipinski definition) is 3. The second-order valence-electron chi connectivity index (χ2n) is 19.5. The minimum absolute atomic E-state index is 0.00157. The molecule has 1 aromatic heterocycles. The number of morpholine rings is 1. The van der Waals surface area contributed by atoms with Gasteiger partial charge in [0.25, 0.3) is 5.91 Å². The molecule has 2 aromatic rings. The number of fused-ring (bicyclic) bond motifs is 5. The van der Waals surface area contributed by atoms with Gasteiger partial charge in [0.15, 0.2) is 11.4 Å². The van der Waals surface area contributed by atoms with Crippen molar-refractivity contribution in [2.45, 2.75) is 138 Å². The lowest BCUT2D eigenvalue weighted by Gasteiger charge is -2.46. The van der Waals surface area contributed by atoms with Crippen LogP contribution in [0.1, 0.15) is 109 Å². The molecular formula is C44H57F3N6O10S. The smallest absolute Gasteiger partial charge is 0.437 e. The van der Waals surface area contributed by atoms with Gasteiger partial charge in [-0.05, 0) is 84.4 Å². The standard InChI is InChI=1S/C44H57F3N6O10S/c1-40(2,3)53(39(57)58)30-12-10-8-6-7-9-11-26-22-43(26,38(56)50-64(59,60)41(4)15-16-41)49-36(54)32-24-42(25-52(32)37(30)55)23-31(51-17-19-62-20-18-51)33-28-21-27(61-5)13-14-29(28)48-35(34(33)63-42)44(45,46)47/h9,11,13-14,21,26,30-32H,6-8,10,12,15-20,22-25H2,1-5H3,(H,49,54)(H,50,56)(H,57,58)/b11-9-/t26-,30+,31-,32+,42-,43-/m1/s1. The molecule has 350 valence electrons. The summed E-state index contributed by atoms with van der Waals surface area (Å²) in [6.45, 7) is 7.33. The van der Waals surface area contributed by atoms with Gasteiger partial charge in [0, 0.05) is 54.4 Å². The molecule has 1 spiro atoms. The number of nitrogens with one attached hydrogen (secondary N) is 2. The zero-order chi connectivity index (χ0) is 46.2. The van der Waals surface area contributed by atoms with Crippen LogP contribution in [0.15, 0.2) is 30.4 Å². The van der Waals surface area contributed by atoms with E-state index in [0.717, 1.165) is 4.90 Å². The van der Waals surface area contributed by atoms with Crippen LogP contribution in [0.4, 0.5) is 18.0 Å². The molecule has 5 heterocycles. The van der Waals surface area contributed by atoms with Crippen molar-refractivity contribution in [1.29, 1.82) is 0 Å². The summed E-state index contributed by atoms with van der Waals surface area (Å²) in [5, 5.41) is 13.8. The molecule has 64 heavy (non-hydrogen) atoms. The summed E-state index contributed by atoms with van der Waals surface area (Å²) in [5.41, 5.74) is -5.50. The lowest BCUT2D eigenvalue weighted by atomic mass is 9.82. The van der Waals surface area contributed by atoms with Crippen LogP contribution < -0.4 is 19.5 Å². The molecule has 4 aliphatic heterocycles. The van der Waals surface area contributed by atoms with Gasteiger partial charge in [-0.2, -0.15) is 13.2 Å². The third-order valence-corrected chi connectivity index (χ3v) is 16.1. The molecule has 0 unspecified atom stereocenters. The predicted molar refractivity (Wildman–Crippen MR) is 226 cm³/mol. The Balaban J connectivity index is 1.26. The molecule has 16 nitrogen and oxygen atoms in total. The Morgan fingerprint density at radius 2 is 1.75 bits per heavy atom. The van der Waals surface area contributed by atoms with Crippen molar-refractivity contribution in [3.8, 4) is 11.5 Å². The van der Waals surface area contributed by atoms with Crippen LogP contribution in [0, 0.1) is 5.92 Å². The summed E-state index contributed by atoms with van der Waals surface area (Å²) in [6.07, 6.45) is 0.0526. The molecule has 3 N–H and O–H groups in total. The first kappa shape index (κ1) is 45.9. The highest BCUT2D eigenvalue weighted by molar-refractivity contribution is 7.91. The molecular weight excluding hydrogens is 862 g/mol. The molecule has 2 aliphatic carbocycles. The summed E-state index contributed by atoms with van der Waals surface area (Å²) in [4.78, 5) is 65.9. The topological polar surface area (TPSA) is 197 Å². The first-order valence-corrected chi connectivity index (χ1v) is 23.5. The average Bonchev–Trinajstić information content (AvgIpc) is 4.12. The molecule has 4 amide bonds. The van der Waals surface area contributed by atoms with E-state index >= 15 is 22.8 Å². The van der Waals surface area contributed by atoms with Crippen LogP contribution in [0.25, 0.3) is 10.9 Å². The Morgan fingerprint density at radius 1 is 1.05 bits per heavy atom. The van der Waals surface area contributed by atoms with Crippen molar-refractivity contribution >= 4 is 44.7 Å². The predicted octanol–water partition coefficient (Wildman–Crippen LogP) is 5.30. The third-order valence-electron chi connectivity index (χ3n) is 14.0. The maximum Gasteiger partial charge on any atom is 0.437 e. The Kier molecular flexibility index (Phi) is 11.7. The van der Waals surface area contributed by atoms with E-state index in [0.29, 0.717) is 76.0 Å². The lowest BCUT2D eigenvalue weighted by Crippen LogP contribution is -2.61. The first-order valence-electron chi connectivity index (χ1n) is 22.0. The number of benzene rings is 1. The van der Waals surface area contributed by atoms with E-state index in [2.05, 4.69) is 15.0 Å². The molecule has 6 atom stereocenters. The van der Waals surface area contributed by atoms with Crippen LogP contribution >= 0.6 is 0 Å². The van der Waals surface area contributed by atoms with Gasteiger partial charge in [0.1, 0.15) is 29.0 Å². The summed E-state index contributed by atoms with van der Waals surface area (Å²) < 4.78 is 91.5. The number of nitrogens with zero attached hydrogens (tertiary/aromatic N) is 4. The third kappa shape index (κ3) is 8.37. The van der Waals surface area contributed by atoms with E-state index in [9.17, 15) is 23.1 Å². The monoisotopic (exact) mass is 918 g/mol. The van der Waals surface area contributed by atoms with Crippen LogP contribution in [0.5, 0.6) is 11.5 Å².